The molecule has 1 heterocycles. The number of rotatable bonds is 3. The van der Waals surface area contributed by atoms with E-state index >= 15 is 0 Å². The van der Waals surface area contributed by atoms with Gasteiger partial charge in [-0.25, -0.2) is 0 Å². The maximum atomic E-state index is 4.41. The summed E-state index contributed by atoms with van der Waals surface area (Å²) in [4.78, 5) is 0. The summed E-state index contributed by atoms with van der Waals surface area (Å²) in [5.41, 5.74) is 1.07. The number of aromatic nitrogens is 2. The van der Waals surface area contributed by atoms with Gasteiger partial charge in [0.1, 0.15) is 4.60 Å². The molecule has 4 heteroatoms. The van der Waals surface area contributed by atoms with Crippen LogP contribution < -0.4 is 5.32 Å². The van der Waals surface area contributed by atoms with Gasteiger partial charge >= 0.3 is 0 Å². The molecular formula is C8H14BrN3. The summed E-state index contributed by atoms with van der Waals surface area (Å²) in [7, 11) is 1.92. The second-order valence-corrected chi connectivity index (χ2v) is 3.84. The van der Waals surface area contributed by atoms with Crippen LogP contribution in [0, 0.1) is 0 Å². The van der Waals surface area contributed by atoms with Crippen molar-refractivity contribution in [2.24, 2.45) is 0 Å². The fourth-order valence-corrected chi connectivity index (χ4v) is 1.80. The van der Waals surface area contributed by atoms with Crippen molar-refractivity contribution in [2.75, 3.05) is 7.05 Å². The van der Waals surface area contributed by atoms with Gasteiger partial charge in [-0.05, 0) is 42.9 Å². The molecule has 1 aromatic heterocycles. The van der Waals surface area contributed by atoms with Crippen LogP contribution in [0.1, 0.15) is 25.6 Å². The van der Waals surface area contributed by atoms with Crippen LogP contribution in [0.5, 0.6) is 0 Å². The zero-order chi connectivity index (χ0) is 9.14. The summed E-state index contributed by atoms with van der Waals surface area (Å²) in [6.07, 6.45) is 0. The summed E-state index contributed by atoms with van der Waals surface area (Å²) in [5, 5.41) is 7.47. The van der Waals surface area contributed by atoms with Crippen LogP contribution in [0.3, 0.4) is 0 Å². The van der Waals surface area contributed by atoms with Crippen molar-refractivity contribution >= 4 is 15.9 Å². The van der Waals surface area contributed by atoms with Crippen LogP contribution in [0.4, 0.5) is 0 Å². The molecule has 0 aromatic carbocycles. The van der Waals surface area contributed by atoms with E-state index in [9.17, 15) is 0 Å². The smallest absolute Gasteiger partial charge is 0.104 e. The van der Waals surface area contributed by atoms with Gasteiger partial charge < -0.3 is 5.32 Å². The molecule has 0 saturated carbocycles. The number of hydrogen-bond acceptors (Lipinski definition) is 2. The summed E-state index contributed by atoms with van der Waals surface area (Å²) in [6, 6.07) is 2.45. The van der Waals surface area contributed by atoms with Gasteiger partial charge in [0, 0.05) is 12.6 Å². The average Bonchev–Trinajstić information content (AvgIpc) is 2.32. The van der Waals surface area contributed by atoms with E-state index in [0.717, 1.165) is 16.8 Å². The molecule has 1 rings (SSSR count). The van der Waals surface area contributed by atoms with E-state index in [2.05, 4.69) is 40.2 Å². The molecule has 1 N–H and O–H groups in total. The molecule has 0 aliphatic rings. The maximum Gasteiger partial charge on any atom is 0.104 e. The molecule has 0 radical (unpaired) electrons. The van der Waals surface area contributed by atoms with Crippen molar-refractivity contribution < 1.29 is 0 Å². The van der Waals surface area contributed by atoms with E-state index in [0.29, 0.717) is 6.04 Å². The molecule has 0 aliphatic carbocycles. The molecule has 0 unspecified atom stereocenters. The molecule has 0 bridgehead atoms. The fourth-order valence-electron chi connectivity index (χ4n) is 1.05. The number of hydrogen-bond donors (Lipinski definition) is 1. The Morgan fingerprint density at radius 3 is 2.75 bits per heavy atom. The van der Waals surface area contributed by atoms with Crippen LogP contribution in [-0.4, -0.2) is 16.8 Å². The first-order valence-corrected chi connectivity index (χ1v) is 4.83. The zero-order valence-corrected chi connectivity index (χ0v) is 9.22. The SMILES string of the molecule is CNCc1cc(Br)n(C(C)C)n1. The molecular weight excluding hydrogens is 218 g/mol. The minimum atomic E-state index is 0.407. The monoisotopic (exact) mass is 231 g/mol. The van der Waals surface area contributed by atoms with E-state index < -0.39 is 0 Å². The van der Waals surface area contributed by atoms with Crippen LogP contribution in [0.2, 0.25) is 0 Å². The maximum absolute atomic E-state index is 4.41. The van der Waals surface area contributed by atoms with Crippen LogP contribution in [-0.2, 0) is 6.54 Å². The minimum absolute atomic E-state index is 0.407. The Bertz CT molecular complexity index is 255. The summed E-state index contributed by atoms with van der Waals surface area (Å²) >= 11 is 3.46. The highest BCUT2D eigenvalue weighted by Crippen LogP contribution is 2.16. The molecule has 3 nitrogen and oxygen atoms in total. The fraction of sp³-hybridized carbons (Fsp3) is 0.625. The second kappa shape index (κ2) is 4.05. The summed E-state index contributed by atoms with van der Waals surface area (Å²) in [5.74, 6) is 0. The van der Waals surface area contributed by atoms with Crippen molar-refractivity contribution in [3.05, 3.63) is 16.4 Å². The standard InChI is InChI=1S/C8H14BrN3/c1-6(2)12-8(9)4-7(11-12)5-10-3/h4,6,10H,5H2,1-3H3. The topological polar surface area (TPSA) is 29.9 Å². The third kappa shape index (κ3) is 2.08. The van der Waals surface area contributed by atoms with Gasteiger partial charge in [-0.1, -0.05) is 0 Å². The predicted octanol–water partition coefficient (Wildman–Crippen LogP) is 1.95. The molecule has 0 aliphatic heterocycles. The van der Waals surface area contributed by atoms with Crippen LogP contribution >= 0.6 is 15.9 Å². The van der Waals surface area contributed by atoms with Gasteiger partial charge in [0.05, 0.1) is 5.69 Å². The van der Waals surface area contributed by atoms with Gasteiger partial charge in [-0.3, -0.25) is 4.68 Å². The van der Waals surface area contributed by atoms with Gasteiger partial charge in [0.15, 0.2) is 0 Å². The van der Waals surface area contributed by atoms with E-state index in [1.54, 1.807) is 0 Å². The quantitative estimate of drug-likeness (QED) is 0.863. The Morgan fingerprint density at radius 2 is 2.33 bits per heavy atom. The Kier molecular flexibility index (Phi) is 3.29. The molecule has 0 spiro atoms. The number of nitrogens with one attached hydrogen (secondary N) is 1. The molecule has 68 valence electrons. The van der Waals surface area contributed by atoms with Crippen molar-refractivity contribution in [3.8, 4) is 0 Å². The van der Waals surface area contributed by atoms with Gasteiger partial charge in [0.2, 0.25) is 0 Å². The Morgan fingerprint density at radius 1 is 1.67 bits per heavy atom. The zero-order valence-electron chi connectivity index (χ0n) is 7.63. The molecule has 0 atom stereocenters. The van der Waals surface area contributed by atoms with Crippen molar-refractivity contribution in [3.63, 3.8) is 0 Å². The molecule has 0 saturated heterocycles. The molecule has 0 amide bonds. The highest BCUT2D eigenvalue weighted by atomic mass is 79.9. The third-order valence-corrected chi connectivity index (χ3v) is 2.18. The largest absolute Gasteiger partial charge is 0.314 e. The lowest BCUT2D eigenvalue weighted by atomic mass is 10.4. The molecule has 12 heavy (non-hydrogen) atoms. The molecule has 0 fully saturated rings. The normalized spacial score (nSPS) is 11.1. The average molecular weight is 232 g/mol. The highest BCUT2D eigenvalue weighted by molar-refractivity contribution is 9.10. The first-order chi connectivity index (χ1) is 5.65. The Balaban J connectivity index is 2.85. The van der Waals surface area contributed by atoms with Crippen LogP contribution in [0.25, 0.3) is 0 Å². The lowest BCUT2D eigenvalue weighted by Gasteiger charge is -2.05. The lowest BCUT2D eigenvalue weighted by molar-refractivity contribution is 0.514. The van der Waals surface area contributed by atoms with E-state index in [-0.39, 0.29) is 0 Å². The highest BCUT2D eigenvalue weighted by Gasteiger charge is 2.06. The second-order valence-electron chi connectivity index (χ2n) is 3.03. The van der Waals surface area contributed by atoms with Gasteiger partial charge in [-0.2, -0.15) is 5.10 Å². The third-order valence-electron chi connectivity index (χ3n) is 1.59. The molecule has 1 aromatic rings. The van der Waals surface area contributed by atoms with Gasteiger partial charge in [0.25, 0.3) is 0 Å². The number of nitrogens with zero attached hydrogens (tertiary/aromatic N) is 2. The Hall–Kier alpha value is -0.350. The first-order valence-electron chi connectivity index (χ1n) is 4.03. The lowest BCUT2D eigenvalue weighted by Crippen LogP contribution is -2.08. The van der Waals surface area contributed by atoms with Crippen LogP contribution in [0.15, 0.2) is 10.7 Å². The predicted molar refractivity (Wildman–Crippen MR) is 53.1 cm³/mol. The first kappa shape index (κ1) is 9.74. The van der Waals surface area contributed by atoms with E-state index in [1.807, 2.05) is 17.8 Å². The summed E-state index contributed by atoms with van der Waals surface area (Å²) < 4.78 is 3.01. The Labute approximate surface area is 81.3 Å². The number of halogens is 1. The van der Waals surface area contributed by atoms with E-state index in [4.69, 9.17) is 0 Å². The van der Waals surface area contributed by atoms with E-state index in [1.165, 1.54) is 0 Å². The van der Waals surface area contributed by atoms with Gasteiger partial charge in [-0.15, -0.1) is 0 Å². The van der Waals surface area contributed by atoms with Crippen molar-refractivity contribution in [2.45, 2.75) is 26.4 Å². The minimum Gasteiger partial charge on any atom is -0.314 e. The van der Waals surface area contributed by atoms with Crippen molar-refractivity contribution in [1.82, 2.24) is 15.1 Å². The van der Waals surface area contributed by atoms with Crippen molar-refractivity contribution in [1.29, 1.82) is 0 Å². The summed E-state index contributed by atoms with van der Waals surface area (Å²) in [6.45, 7) is 5.04.